The van der Waals surface area contributed by atoms with Gasteiger partial charge in [-0.15, -0.1) is 0 Å². The van der Waals surface area contributed by atoms with Gasteiger partial charge in [-0.2, -0.15) is 0 Å². The maximum atomic E-state index is 14.2. The first-order valence-corrected chi connectivity index (χ1v) is 14.4. The quantitative estimate of drug-likeness (QED) is 0.274. The Balaban J connectivity index is 1.46. The smallest absolute Gasteiger partial charge is 0.252 e. The highest BCUT2D eigenvalue weighted by Crippen LogP contribution is 2.48. The summed E-state index contributed by atoms with van der Waals surface area (Å²) >= 11 is 0. The van der Waals surface area contributed by atoms with Crippen LogP contribution in [0.2, 0.25) is 0 Å². The van der Waals surface area contributed by atoms with E-state index in [0.717, 1.165) is 17.8 Å². The standard InChI is InChI=1S/C34H27N2OP/c37-34-31-24-25-14-10-12-22-30(25)36(31)33(35(34)26-15-4-1-5-16-26)29-21-11-13-23-32(29)38(27-17-6-2-7-18-27)28-19-8-3-9-20-28/h1-23,31,33H,24H2/t31-,33-/m0/s1. The molecule has 2 aliphatic rings. The van der Waals surface area contributed by atoms with Crippen LogP contribution >= 0.6 is 7.92 Å². The van der Waals surface area contributed by atoms with Gasteiger partial charge in [0.1, 0.15) is 12.2 Å². The molecule has 38 heavy (non-hydrogen) atoms. The van der Waals surface area contributed by atoms with Gasteiger partial charge < -0.3 is 4.90 Å². The fraction of sp³-hybridized carbons (Fsp3) is 0.0882. The minimum absolute atomic E-state index is 0.163. The molecule has 184 valence electrons. The molecular weight excluding hydrogens is 483 g/mol. The number of anilines is 2. The molecule has 7 rings (SSSR count). The number of rotatable bonds is 5. The summed E-state index contributed by atoms with van der Waals surface area (Å²) < 4.78 is 0. The summed E-state index contributed by atoms with van der Waals surface area (Å²) in [6.45, 7) is 0. The molecule has 0 aliphatic carbocycles. The van der Waals surface area contributed by atoms with Crippen LogP contribution in [0.3, 0.4) is 0 Å². The van der Waals surface area contributed by atoms with Crippen molar-refractivity contribution in [3.05, 3.63) is 151 Å². The molecule has 3 nitrogen and oxygen atoms in total. The minimum atomic E-state index is -0.835. The highest BCUT2D eigenvalue weighted by Gasteiger charge is 2.51. The van der Waals surface area contributed by atoms with E-state index in [9.17, 15) is 4.79 Å². The zero-order valence-corrected chi connectivity index (χ0v) is 21.8. The second-order valence-electron chi connectivity index (χ2n) is 9.74. The Morgan fingerprint density at radius 1 is 0.605 bits per heavy atom. The molecule has 1 saturated heterocycles. The molecule has 1 amide bonds. The second kappa shape index (κ2) is 9.59. The summed E-state index contributed by atoms with van der Waals surface area (Å²) in [5.74, 6) is 0.163. The van der Waals surface area contributed by atoms with Crippen molar-refractivity contribution < 1.29 is 4.79 Å². The number of fused-ring (bicyclic) bond motifs is 3. The van der Waals surface area contributed by atoms with Crippen LogP contribution in [-0.4, -0.2) is 11.9 Å². The largest absolute Gasteiger partial charge is 0.334 e. The lowest BCUT2D eigenvalue weighted by Crippen LogP contribution is -2.36. The van der Waals surface area contributed by atoms with E-state index >= 15 is 0 Å². The number of carbonyl (C=O) groups is 1. The molecule has 0 spiro atoms. The van der Waals surface area contributed by atoms with Gasteiger partial charge in [-0.25, -0.2) is 0 Å². The lowest BCUT2D eigenvalue weighted by molar-refractivity contribution is -0.118. The predicted molar refractivity (Wildman–Crippen MR) is 158 cm³/mol. The average molecular weight is 511 g/mol. The van der Waals surface area contributed by atoms with E-state index < -0.39 is 7.92 Å². The van der Waals surface area contributed by atoms with Gasteiger partial charge in [0, 0.05) is 23.4 Å². The normalized spacial score (nSPS) is 18.1. The van der Waals surface area contributed by atoms with Crippen molar-refractivity contribution >= 4 is 41.1 Å². The number of para-hydroxylation sites is 2. The van der Waals surface area contributed by atoms with Crippen molar-refractivity contribution in [1.82, 2.24) is 0 Å². The van der Waals surface area contributed by atoms with E-state index in [4.69, 9.17) is 0 Å². The van der Waals surface area contributed by atoms with E-state index in [1.807, 2.05) is 23.1 Å². The zero-order chi connectivity index (χ0) is 25.5. The van der Waals surface area contributed by atoms with E-state index in [2.05, 4.69) is 126 Å². The Morgan fingerprint density at radius 3 is 1.84 bits per heavy atom. The van der Waals surface area contributed by atoms with Gasteiger partial charge in [0.2, 0.25) is 0 Å². The van der Waals surface area contributed by atoms with Crippen molar-refractivity contribution in [2.45, 2.75) is 18.6 Å². The molecule has 5 aromatic carbocycles. The fourth-order valence-corrected chi connectivity index (χ4v) is 8.44. The number of carbonyl (C=O) groups excluding carboxylic acids is 1. The summed E-state index contributed by atoms with van der Waals surface area (Å²) in [6.07, 6.45) is 0.510. The molecule has 2 atom stereocenters. The van der Waals surface area contributed by atoms with Crippen molar-refractivity contribution in [3.63, 3.8) is 0 Å². The Labute approximate surface area is 224 Å². The second-order valence-corrected chi connectivity index (χ2v) is 11.9. The minimum Gasteiger partial charge on any atom is -0.334 e. The van der Waals surface area contributed by atoms with E-state index in [0.29, 0.717) is 0 Å². The molecule has 0 saturated carbocycles. The topological polar surface area (TPSA) is 23.6 Å². The molecule has 2 heterocycles. The highest BCUT2D eigenvalue weighted by molar-refractivity contribution is 7.79. The Kier molecular flexibility index (Phi) is 5.80. The first-order valence-electron chi connectivity index (χ1n) is 13.0. The summed E-state index contributed by atoms with van der Waals surface area (Å²) in [6, 6.07) is 48.8. The molecule has 0 bridgehead atoms. The van der Waals surface area contributed by atoms with Crippen LogP contribution in [0.1, 0.15) is 17.3 Å². The molecular formula is C34H27N2OP. The van der Waals surface area contributed by atoms with Gasteiger partial charge >= 0.3 is 0 Å². The van der Waals surface area contributed by atoms with Crippen molar-refractivity contribution in [2.24, 2.45) is 0 Å². The third-order valence-corrected chi connectivity index (χ3v) is 10.1. The number of hydrogen-bond acceptors (Lipinski definition) is 2. The third-order valence-electron chi connectivity index (χ3n) is 7.57. The molecule has 0 aromatic heterocycles. The van der Waals surface area contributed by atoms with E-state index in [1.54, 1.807) is 0 Å². The molecule has 1 fully saturated rings. The summed E-state index contributed by atoms with van der Waals surface area (Å²) in [5.41, 5.74) is 4.53. The monoisotopic (exact) mass is 510 g/mol. The van der Waals surface area contributed by atoms with Crippen LogP contribution in [0.4, 0.5) is 11.4 Å². The summed E-state index contributed by atoms with van der Waals surface area (Å²) in [4.78, 5) is 18.5. The number of hydrogen-bond donors (Lipinski definition) is 0. The van der Waals surface area contributed by atoms with Crippen LogP contribution in [-0.2, 0) is 11.2 Å². The van der Waals surface area contributed by atoms with Crippen molar-refractivity contribution in [3.8, 4) is 0 Å². The van der Waals surface area contributed by atoms with Crippen LogP contribution in [0.15, 0.2) is 140 Å². The SMILES string of the molecule is O=C1[C@@H]2Cc3ccccc3N2[C@@H](c2ccccc2P(c2ccccc2)c2ccccc2)N1c1ccccc1. The number of nitrogens with zero attached hydrogens (tertiary/aromatic N) is 2. The molecule has 0 N–H and O–H groups in total. The Morgan fingerprint density at radius 2 is 1.16 bits per heavy atom. The van der Waals surface area contributed by atoms with E-state index in [1.165, 1.54) is 27.0 Å². The lowest BCUT2D eigenvalue weighted by atomic mass is 10.1. The van der Waals surface area contributed by atoms with Crippen LogP contribution in [0.25, 0.3) is 0 Å². The molecule has 0 radical (unpaired) electrons. The maximum absolute atomic E-state index is 14.2. The molecule has 2 aliphatic heterocycles. The number of benzene rings is 5. The van der Waals surface area contributed by atoms with E-state index in [-0.39, 0.29) is 18.1 Å². The van der Waals surface area contributed by atoms with Gasteiger partial charge in [-0.05, 0) is 47.6 Å². The lowest BCUT2D eigenvalue weighted by Gasteiger charge is -2.34. The van der Waals surface area contributed by atoms with Gasteiger partial charge in [0.15, 0.2) is 0 Å². The van der Waals surface area contributed by atoms with Crippen molar-refractivity contribution in [2.75, 3.05) is 9.80 Å². The zero-order valence-electron chi connectivity index (χ0n) is 20.9. The van der Waals surface area contributed by atoms with Gasteiger partial charge in [0.25, 0.3) is 5.91 Å². The van der Waals surface area contributed by atoms with Gasteiger partial charge in [-0.1, -0.05) is 121 Å². The maximum Gasteiger partial charge on any atom is 0.252 e. The Bertz CT molecular complexity index is 1550. The average Bonchev–Trinajstić information content (AvgIpc) is 3.50. The summed E-state index contributed by atoms with van der Waals surface area (Å²) in [5, 5.41) is 3.88. The molecule has 0 unspecified atom stereocenters. The van der Waals surface area contributed by atoms with Gasteiger partial charge in [-0.3, -0.25) is 9.69 Å². The summed E-state index contributed by atoms with van der Waals surface area (Å²) in [7, 11) is -0.835. The fourth-order valence-electron chi connectivity index (χ4n) is 5.96. The van der Waals surface area contributed by atoms with Gasteiger partial charge in [0.05, 0.1) is 0 Å². The third kappa shape index (κ3) is 3.74. The van der Waals surface area contributed by atoms with Crippen LogP contribution in [0.5, 0.6) is 0 Å². The van der Waals surface area contributed by atoms with Crippen LogP contribution < -0.4 is 25.7 Å². The van der Waals surface area contributed by atoms with Crippen molar-refractivity contribution in [1.29, 1.82) is 0 Å². The highest BCUT2D eigenvalue weighted by atomic mass is 31.1. The first kappa shape index (κ1) is 23.0. The Hall–Kier alpha value is -4.20. The molecule has 4 heteroatoms. The molecule has 5 aromatic rings. The predicted octanol–water partition coefficient (Wildman–Crippen LogP) is 5.92. The number of amides is 1. The first-order chi connectivity index (χ1) is 18.8. The van der Waals surface area contributed by atoms with Crippen LogP contribution in [0, 0.1) is 0 Å².